The smallest absolute Gasteiger partial charge is 0.354 e. The first-order valence-corrected chi connectivity index (χ1v) is 6.90. The first kappa shape index (κ1) is 16.4. The highest BCUT2D eigenvalue weighted by atomic mass is 35.5. The van der Waals surface area contributed by atoms with Gasteiger partial charge in [0.2, 0.25) is 5.95 Å². The topological polar surface area (TPSA) is 49.8 Å². The first-order valence-electron chi connectivity index (χ1n) is 6.53. The van der Waals surface area contributed by atoms with Gasteiger partial charge in [0, 0.05) is 23.3 Å². The molecule has 2 rings (SSSR count). The molecule has 0 radical (unpaired) electrons. The molecule has 0 aliphatic rings. The molecule has 0 aliphatic heterocycles. The van der Waals surface area contributed by atoms with Crippen molar-refractivity contribution in [2.45, 2.75) is 20.0 Å². The molecule has 2 N–H and O–H groups in total. The summed E-state index contributed by atoms with van der Waals surface area (Å²) in [5, 5.41) is 6.01. The van der Waals surface area contributed by atoms with Gasteiger partial charge in [0.25, 0.3) is 0 Å². The fourth-order valence-corrected chi connectivity index (χ4v) is 1.93. The van der Waals surface area contributed by atoms with Crippen molar-refractivity contribution >= 4 is 29.1 Å². The van der Waals surface area contributed by atoms with Crippen molar-refractivity contribution in [2.24, 2.45) is 0 Å². The number of aromatic nitrogens is 2. The van der Waals surface area contributed by atoms with Crippen molar-refractivity contribution in [1.82, 2.24) is 9.97 Å². The van der Waals surface area contributed by atoms with Crippen molar-refractivity contribution in [1.29, 1.82) is 0 Å². The van der Waals surface area contributed by atoms with Crippen LogP contribution in [0.4, 0.5) is 30.6 Å². The minimum atomic E-state index is -4.55. The van der Waals surface area contributed by atoms with Gasteiger partial charge in [0.1, 0.15) is 5.82 Å². The van der Waals surface area contributed by atoms with E-state index in [2.05, 4.69) is 20.6 Å². The number of alkyl halides is 3. The van der Waals surface area contributed by atoms with Gasteiger partial charge in [-0.05, 0) is 31.5 Å². The van der Waals surface area contributed by atoms with E-state index in [1.165, 1.54) is 0 Å². The van der Waals surface area contributed by atoms with E-state index in [1.54, 1.807) is 25.1 Å². The van der Waals surface area contributed by atoms with Gasteiger partial charge in [-0.1, -0.05) is 17.7 Å². The first-order chi connectivity index (χ1) is 10.3. The molecule has 0 amide bonds. The average Bonchev–Trinajstić information content (AvgIpc) is 2.42. The number of hydrogen-bond donors (Lipinski definition) is 2. The Morgan fingerprint density at radius 3 is 2.55 bits per heavy atom. The number of halogens is 4. The fraction of sp³-hybridized carbons (Fsp3) is 0.286. The third-order valence-corrected chi connectivity index (χ3v) is 3.05. The van der Waals surface area contributed by atoms with Crippen molar-refractivity contribution in [3.8, 4) is 0 Å². The van der Waals surface area contributed by atoms with Crippen LogP contribution in [0.25, 0.3) is 0 Å². The third kappa shape index (κ3) is 4.00. The van der Waals surface area contributed by atoms with Crippen LogP contribution in [0.1, 0.15) is 18.2 Å². The van der Waals surface area contributed by atoms with Gasteiger partial charge >= 0.3 is 6.18 Å². The molecular formula is C14H14ClF3N4. The Kier molecular flexibility index (Phi) is 4.75. The van der Waals surface area contributed by atoms with E-state index in [-0.39, 0.29) is 11.8 Å². The zero-order valence-corrected chi connectivity index (χ0v) is 12.7. The molecular weight excluding hydrogens is 317 g/mol. The Balaban J connectivity index is 2.41. The van der Waals surface area contributed by atoms with Crippen LogP contribution in [0.15, 0.2) is 24.3 Å². The molecule has 1 heterocycles. The number of rotatable bonds is 4. The highest BCUT2D eigenvalue weighted by molar-refractivity contribution is 6.30. The van der Waals surface area contributed by atoms with Crippen LogP contribution in [0.5, 0.6) is 0 Å². The summed E-state index contributed by atoms with van der Waals surface area (Å²) in [4.78, 5) is 7.49. The summed E-state index contributed by atoms with van der Waals surface area (Å²) in [6, 6.07) is 5.95. The molecule has 22 heavy (non-hydrogen) atoms. The van der Waals surface area contributed by atoms with Gasteiger partial charge in [0.15, 0.2) is 5.69 Å². The summed E-state index contributed by atoms with van der Waals surface area (Å²) in [6.45, 7) is 3.98. The molecule has 1 aromatic heterocycles. The molecule has 0 unspecified atom stereocenters. The second kappa shape index (κ2) is 6.39. The monoisotopic (exact) mass is 330 g/mol. The molecule has 4 nitrogen and oxygen atoms in total. The van der Waals surface area contributed by atoms with Gasteiger partial charge in [-0.25, -0.2) is 4.98 Å². The zero-order valence-electron chi connectivity index (χ0n) is 11.9. The lowest BCUT2D eigenvalue weighted by Gasteiger charge is -2.13. The van der Waals surface area contributed by atoms with Gasteiger partial charge in [-0.3, -0.25) is 0 Å². The Hall–Kier alpha value is -2.02. The molecule has 0 bridgehead atoms. The minimum Gasteiger partial charge on any atom is -0.354 e. The summed E-state index contributed by atoms with van der Waals surface area (Å²) in [7, 11) is 0. The molecule has 118 valence electrons. The van der Waals surface area contributed by atoms with E-state index >= 15 is 0 Å². The number of benzene rings is 1. The normalized spacial score (nSPS) is 11.4. The Labute approximate surface area is 130 Å². The number of nitrogens with zero attached hydrogens (tertiary/aromatic N) is 2. The van der Waals surface area contributed by atoms with E-state index < -0.39 is 11.9 Å². The summed E-state index contributed by atoms with van der Waals surface area (Å²) in [5.74, 6) is -0.0388. The Bertz CT molecular complexity index is 674. The molecule has 2 aromatic rings. The number of nitrogens with one attached hydrogen (secondary N) is 2. The van der Waals surface area contributed by atoms with Gasteiger partial charge in [-0.15, -0.1) is 0 Å². The summed E-state index contributed by atoms with van der Waals surface area (Å²) in [5.41, 5.74) is 0.406. The zero-order chi connectivity index (χ0) is 16.3. The third-order valence-electron chi connectivity index (χ3n) is 2.81. The predicted molar refractivity (Wildman–Crippen MR) is 80.7 cm³/mol. The van der Waals surface area contributed by atoms with Crippen LogP contribution >= 0.6 is 11.6 Å². The lowest BCUT2D eigenvalue weighted by Crippen LogP contribution is -2.13. The number of anilines is 3. The SMILES string of the molecule is CCNc1nc(Nc2cc(Cl)ccc2C)cc(C(F)(F)F)n1. The molecule has 0 aliphatic carbocycles. The molecule has 1 aromatic carbocycles. The molecule has 0 saturated carbocycles. The average molecular weight is 331 g/mol. The van der Waals surface area contributed by atoms with Crippen molar-refractivity contribution in [2.75, 3.05) is 17.2 Å². The maximum atomic E-state index is 12.9. The summed E-state index contributed by atoms with van der Waals surface area (Å²) in [6.07, 6.45) is -4.55. The Morgan fingerprint density at radius 2 is 1.91 bits per heavy atom. The highest BCUT2D eigenvalue weighted by Crippen LogP contribution is 2.31. The van der Waals surface area contributed by atoms with Gasteiger partial charge in [0.05, 0.1) is 0 Å². The predicted octanol–water partition coefficient (Wildman–Crippen LogP) is 4.63. The maximum Gasteiger partial charge on any atom is 0.433 e. The van der Waals surface area contributed by atoms with E-state index in [4.69, 9.17) is 11.6 Å². The molecule has 0 atom stereocenters. The van der Waals surface area contributed by atoms with Gasteiger partial charge < -0.3 is 10.6 Å². The molecule has 8 heteroatoms. The van der Waals surface area contributed by atoms with Gasteiger partial charge in [-0.2, -0.15) is 18.2 Å². The summed E-state index contributed by atoms with van der Waals surface area (Å²) >= 11 is 5.90. The second-order valence-corrected chi connectivity index (χ2v) is 5.01. The van der Waals surface area contributed by atoms with E-state index in [0.29, 0.717) is 17.3 Å². The van der Waals surface area contributed by atoms with Crippen LogP contribution in [-0.2, 0) is 6.18 Å². The second-order valence-electron chi connectivity index (χ2n) is 4.57. The van der Waals surface area contributed by atoms with E-state index in [9.17, 15) is 13.2 Å². The van der Waals surface area contributed by atoms with Crippen LogP contribution in [0, 0.1) is 6.92 Å². The summed E-state index contributed by atoms with van der Waals surface area (Å²) < 4.78 is 38.7. The minimum absolute atomic E-state index is 0.0450. The van der Waals surface area contributed by atoms with Crippen molar-refractivity contribution in [3.63, 3.8) is 0 Å². The van der Waals surface area contributed by atoms with Crippen LogP contribution in [-0.4, -0.2) is 16.5 Å². The fourth-order valence-electron chi connectivity index (χ4n) is 1.76. The van der Waals surface area contributed by atoms with Crippen molar-refractivity contribution < 1.29 is 13.2 Å². The maximum absolute atomic E-state index is 12.9. The molecule has 0 fully saturated rings. The highest BCUT2D eigenvalue weighted by Gasteiger charge is 2.33. The Morgan fingerprint density at radius 1 is 1.18 bits per heavy atom. The van der Waals surface area contributed by atoms with Crippen molar-refractivity contribution in [3.05, 3.63) is 40.5 Å². The molecule has 0 saturated heterocycles. The molecule has 0 spiro atoms. The van der Waals surface area contributed by atoms with E-state index in [0.717, 1.165) is 11.6 Å². The lowest BCUT2D eigenvalue weighted by molar-refractivity contribution is -0.141. The van der Waals surface area contributed by atoms with Crippen LogP contribution in [0.2, 0.25) is 5.02 Å². The van der Waals surface area contributed by atoms with Crippen LogP contribution < -0.4 is 10.6 Å². The van der Waals surface area contributed by atoms with Crippen LogP contribution in [0.3, 0.4) is 0 Å². The lowest BCUT2D eigenvalue weighted by atomic mass is 10.2. The number of aryl methyl sites for hydroxylation is 1. The van der Waals surface area contributed by atoms with E-state index in [1.807, 2.05) is 6.92 Å². The standard InChI is InChI=1S/C14H14ClF3N4/c1-3-19-13-21-11(14(16,17)18)7-12(22-13)20-10-6-9(15)5-4-8(10)2/h4-7H,3H2,1-2H3,(H2,19,20,21,22). The largest absolute Gasteiger partial charge is 0.433 e. The quantitative estimate of drug-likeness (QED) is 0.858. The number of hydrogen-bond acceptors (Lipinski definition) is 4.